The topological polar surface area (TPSA) is 57.1 Å². The third-order valence-corrected chi connectivity index (χ3v) is 3.84. The van der Waals surface area contributed by atoms with Crippen molar-refractivity contribution < 1.29 is 4.79 Å². The van der Waals surface area contributed by atoms with Crippen LogP contribution in [0, 0.1) is 0 Å². The maximum atomic E-state index is 12.0. The molecular formula is C20H26N4O. The molecule has 0 aliphatic carbocycles. The van der Waals surface area contributed by atoms with E-state index in [0.29, 0.717) is 5.56 Å². The highest BCUT2D eigenvalue weighted by Crippen LogP contribution is 2.21. The van der Waals surface area contributed by atoms with E-state index in [4.69, 9.17) is 0 Å². The van der Waals surface area contributed by atoms with E-state index in [1.165, 1.54) is 0 Å². The molecule has 0 spiro atoms. The SMILES string of the molecule is CCCCCNC(=O)c1ccc(N=Nc2ccc(N(C)C)cc2)cc1. The third kappa shape index (κ3) is 6.03. The number of nitrogens with zero attached hydrogens (tertiary/aromatic N) is 3. The van der Waals surface area contributed by atoms with Crippen molar-refractivity contribution in [2.45, 2.75) is 26.2 Å². The fourth-order valence-electron chi connectivity index (χ4n) is 2.29. The number of nitrogens with one attached hydrogen (secondary N) is 1. The molecule has 0 fully saturated rings. The Morgan fingerprint density at radius 3 is 2.00 bits per heavy atom. The van der Waals surface area contributed by atoms with Crippen molar-refractivity contribution in [3.63, 3.8) is 0 Å². The Balaban J connectivity index is 1.92. The normalized spacial score (nSPS) is 10.8. The van der Waals surface area contributed by atoms with Crippen LogP contribution in [-0.2, 0) is 0 Å². The summed E-state index contributed by atoms with van der Waals surface area (Å²) in [7, 11) is 4.00. The van der Waals surface area contributed by atoms with E-state index in [2.05, 4.69) is 22.5 Å². The van der Waals surface area contributed by atoms with Crippen LogP contribution < -0.4 is 10.2 Å². The van der Waals surface area contributed by atoms with Crippen LogP contribution in [0.4, 0.5) is 17.1 Å². The fourth-order valence-corrected chi connectivity index (χ4v) is 2.29. The number of amides is 1. The lowest BCUT2D eigenvalue weighted by Crippen LogP contribution is -2.24. The molecule has 5 heteroatoms. The number of anilines is 1. The van der Waals surface area contributed by atoms with Crippen LogP contribution in [0.15, 0.2) is 58.8 Å². The Morgan fingerprint density at radius 2 is 1.48 bits per heavy atom. The van der Waals surface area contributed by atoms with Gasteiger partial charge < -0.3 is 10.2 Å². The number of hydrogen-bond donors (Lipinski definition) is 1. The van der Waals surface area contributed by atoms with Gasteiger partial charge in [-0.3, -0.25) is 4.79 Å². The van der Waals surface area contributed by atoms with Gasteiger partial charge in [-0.05, 0) is 55.0 Å². The van der Waals surface area contributed by atoms with E-state index in [1.807, 2.05) is 43.3 Å². The monoisotopic (exact) mass is 338 g/mol. The summed E-state index contributed by atoms with van der Waals surface area (Å²) >= 11 is 0. The van der Waals surface area contributed by atoms with E-state index in [1.54, 1.807) is 24.3 Å². The summed E-state index contributed by atoms with van der Waals surface area (Å²) in [5.74, 6) is -0.0427. The van der Waals surface area contributed by atoms with Crippen molar-refractivity contribution >= 4 is 23.0 Å². The van der Waals surface area contributed by atoms with Gasteiger partial charge in [0.25, 0.3) is 5.91 Å². The standard InChI is InChI=1S/C20H26N4O/c1-4-5-6-15-21-20(25)16-7-9-17(10-8-16)22-23-18-11-13-19(14-12-18)24(2)3/h7-14H,4-6,15H2,1-3H3,(H,21,25). The lowest BCUT2D eigenvalue weighted by atomic mass is 10.2. The highest BCUT2D eigenvalue weighted by Gasteiger charge is 2.04. The first-order chi connectivity index (χ1) is 12.1. The number of hydrogen-bond acceptors (Lipinski definition) is 4. The predicted molar refractivity (Wildman–Crippen MR) is 103 cm³/mol. The zero-order valence-electron chi connectivity index (χ0n) is 15.2. The van der Waals surface area contributed by atoms with Crippen molar-refractivity contribution in [2.24, 2.45) is 10.2 Å². The number of rotatable bonds is 8. The van der Waals surface area contributed by atoms with E-state index < -0.39 is 0 Å². The molecule has 0 aliphatic rings. The Labute approximate surface area is 149 Å². The van der Waals surface area contributed by atoms with E-state index in [-0.39, 0.29) is 5.91 Å². The smallest absolute Gasteiger partial charge is 0.251 e. The molecule has 0 atom stereocenters. The molecule has 132 valence electrons. The molecule has 2 aromatic rings. The van der Waals surface area contributed by atoms with Gasteiger partial charge in [-0.15, -0.1) is 0 Å². The molecule has 1 N–H and O–H groups in total. The molecule has 0 bridgehead atoms. The van der Waals surface area contributed by atoms with Gasteiger partial charge in [0.05, 0.1) is 11.4 Å². The van der Waals surface area contributed by atoms with Crippen molar-refractivity contribution in [1.82, 2.24) is 5.32 Å². The van der Waals surface area contributed by atoms with Crippen molar-refractivity contribution in [1.29, 1.82) is 0 Å². The number of azo groups is 1. The summed E-state index contributed by atoms with van der Waals surface area (Å²) in [6.07, 6.45) is 3.30. The average molecular weight is 338 g/mol. The van der Waals surface area contributed by atoms with Crippen LogP contribution in [0.25, 0.3) is 0 Å². The quantitative estimate of drug-likeness (QED) is 0.538. The second-order valence-electron chi connectivity index (χ2n) is 6.12. The van der Waals surface area contributed by atoms with E-state index in [9.17, 15) is 4.79 Å². The highest BCUT2D eigenvalue weighted by atomic mass is 16.1. The van der Waals surface area contributed by atoms with Crippen molar-refractivity contribution in [3.05, 3.63) is 54.1 Å². The van der Waals surface area contributed by atoms with Crippen LogP contribution in [0.3, 0.4) is 0 Å². The molecule has 2 aromatic carbocycles. The average Bonchev–Trinajstić information content (AvgIpc) is 2.64. The Morgan fingerprint density at radius 1 is 0.920 bits per heavy atom. The van der Waals surface area contributed by atoms with Gasteiger partial charge in [0.15, 0.2) is 0 Å². The summed E-state index contributed by atoms with van der Waals surface area (Å²) in [5.41, 5.74) is 3.28. The number of benzene rings is 2. The minimum Gasteiger partial charge on any atom is -0.378 e. The molecule has 0 aliphatic heterocycles. The highest BCUT2D eigenvalue weighted by molar-refractivity contribution is 5.94. The molecule has 0 saturated heterocycles. The Kier molecular flexibility index (Phi) is 7.14. The van der Waals surface area contributed by atoms with Crippen LogP contribution in [0.1, 0.15) is 36.5 Å². The van der Waals surface area contributed by atoms with E-state index in [0.717, 1.165) is 42.9 Å². The van der Waals surface area contributed by atoms with Gasteiger partial charge in [0.2, 0.25) is 0 Å². The zero-order chi connectivity index (χ0) is 18.1. The van der Waals surface area contributed by atoms with Crippen LogP contribution in [0.2, 0.25) is 0 Å². The van der Waals surface area contributed by atoms with Gasteiger partial charge >= 0.3 is 0 Å². The van der Waals surface area contributed by atoms with Gasteiger partial charge in [0.1, 0.15) is 0 Å². The molecule has 5 nitrogen and oxygen atoms in total. The predicted octanol–water partition coefficient (Wildman–Crippen LogP) is 5.09. The molecular weight excluding hydrogens is 312 g/mol. The number of carbonyl (C=O) groups excluding carboxylic acids is 1. The Bertz CT molecular complexity index is 691. The number of carbonyl (C=O) groups is 1. The number of unbranched alkanes of at least 4 members (excludes halogenated alkanes) is 2. The minimum atomic E-state index is -0.0427. The summed E-state index contributed by atoms with van der Waals surface area (Å²) < 4.78 is 0. The van der Waals surface area contributed by atoms with Gasteiger partial charge in [0, 0.05) is 31.9 Å². The molecule has 0 radical (unpaired) electrons. The van der Waals surface area contributed by atoms with Crippen molar-refractivity contribution in [3.8, 4) is 0 Å². The molecule has 0 aromatic heterocycles. The minimum absolute atomic E-state index is 0.0427. The second kappa shape index (κ2) is 9.57. The van der Waals surface area contributed by atoms with Gasteiger partial charge in [-0.1, -0.05) is 19.8 Å². The van der Waals surface area contributed by atoms with Crippen molar-refractivity contribution in [2.75, 3.05) is 25.5 Å². The first-order valence-corrected chi connectivity index (χ1v) is 8.67. The zero-order valence-corrected chi connectivity index (χ0v) is 15.2. The van der Waals surface area contributed by atoms with Crippen LogP contribution in [0.5, 0.6) is 0 Å². The first-order valence-electron chi connectivity index (χ1n) is 8.67. The maximum absolute atomic E-state index is 12.0. The van der Waals surface area contributed by atoms with Crippen LogP contribution in [-0.4, -0.2) is 26.5 Å². The lowest BCUT2D eigenvalue weighted by molar-refractivity contribution is 0.0953. The molecule has 2 rings (SSSR count). The summed E-state index contributed by atoms with van der Waals surface area (Å²) in [4.78, 5) is 14.1. The molecule has 0 unspecified atom stereocenters. The Hall–Kier alpha value is -2.69. The summed E-state index contributed by atoms with van der Waals surface area (Å²) in [6, 6.07) is 15.0. The summed E-state index contributed by atoms with van der Waals surface area (Å²) in [5, 5.41) is 11.4. The molecule has 1 amide bonds. The molecule has 25 heavy (non-hydrogen) atoms. The van der Waals surface area contributed by atoms with E-state index >= 15 is 0 Å². The fraction of sp³-hybridized carbons (Fsp3) is 0.350. The van der Waals surface area contributed by atoms with Gasteiger partial charge in [-0.25, -0.2) is 0 Å². The second-order valence-corrected chi connectivity index (χ2v) is 6.12. The lowest BCUT2D eigenvalue weighted by Gasteiger charge is -2.11. The summed E-state index contributed by atoms with van der Waals surface area (Å²) in [6.45, 7) is 2.86. The van der Waals surface area contributed by atoms with Crippen LogP contribution >= 0.6 is 0 Å². The largest absolute Gasteiger partial charge is 0.378 e. The molecule has 0 heterocycles. The third-order valence-electron chi connectivity index (χ3n) is 3.84. The van der Waals surface area contributed by atoms with Gasteiger partial charge in [-0.2, -0.15) is 10.2 Å². The molecule has 0 saturated carbocycles. The maximum Gasteiger partial charge on any atom is 0.251 e. The first kappa shape index (κ1) is 18.6.